The van der Waals surface area contributed by atoms with E-state index in [1.807, 2.05) is 7.05 Å². The second-order valence-corrected chi connectivity index (χ2v) is 4.51. The number of hydrogen-bond acceptors (Lipinski definition) is 3. The second-order valence-electron chi connectivity index (χ2n) is 4.51. The monoisotopic (exact) mass is 299 g/mol. The summed E-state index contributed by atoms with van der Waals surface area (Å²) < 4.78 is 44.9. The van der Waals surface area contributed by atoms with E-state index in [1.54, 1.807) is 17.1 Å². The molecule has 2 rings (SSSR count). The summed E-state index contributed by atoms with van der Waals surface area (Å²) in [6.45, 7) is 1.44. The topological polar surface area (TPSA) is 39.1 Å². The van der Waals surface area contributed by atoms with Crippen molar-refractivity contribution in [2.24, 2.45) is 0 Å². The van der Waals surface area contributed by atoms with Crippen LogP contribution in [-0.2, 0) is 12.7 Å². The zero-order chi connectivity index (χ0) is 15.5. The van der Waals surface area contributed by atoms with Gasteiger partial charge in [0, 0.05) is 23.9 Å². The van der Waals surface area contributed by atoms with Crippen molar-refractivity contribution in [1.82, 2.24) is 15.1 Å². The molecule has 1 aromatic carbocycles. The molecule has 0 aliphatic heterocycles. The first kappa shape index (κ1) is 15.4. The minimum Gasteiger partial charge on any atom is -0.496 e. The number of likely N-dealkylation sites (N-methyl/N-ethyl adjacent to an activating group) is 1. The van der Waals surface area contributed by atoms with Gasteiger partial charge in [-0.3, -0.25) is 4.68 Å². The molecule has 0 bridgehead atoms. The van der Waals surface area contributed by atoms with Crippen molar-refractivity contribution < 1.29 is 17.9 Å². The fourth-order valence-electron chi connectivity index (χ4n) is 1.96. The van der Waals surface area contributed by atoms with Gasteiger partial charge in [0.05, 0.1) is 25.4 Å². The minimum absolute atomic E-state index is 0.179. The van der Waals surface area contributed by atoms with E-state index in [2.05, 4.69) is 10.4 Å². The Labute approximate surface area is 120 Å². The van der Waals surface area contributed by atoms with Crippen LogP contribution in [0.2, 0.25) is 0 Å². The van der Waals surface area contributed by atoms with E-state index < -0.39 is 11.7 Å². The zero-order valence-corrected chi connectivity index (χ0v) is 11.7. The van der Waals surface area contributed by atoms with E-state index in [9.17, 15) is 13.2 Å². The van der Waals surface area contributed by atoms with Gasteiger partial charge in [0.25, 0.3) is 0 Å². The SMILES string of the molecule is CNCCn1cc(-c2ccc(C(F)(F)F)cc2OC)cn1. The molecule has 0 saturated carbocycles. The molecule has 21 heavy (non-hydrogen) atoms. The van der Waals surface area contributed by atoms with Crippen molar-refractivity contribution in [3.63, 3.8) is 0 Å². The smallest absolute Gasteiger partial charge is 0.416 e. The average Bonchev–Trinajstić information content (AvgIpc) is 2.92. The summed E-state index contributed by atoms with van der Waals surface area (Å²) in [5, 5.41) is 7.18. The quantitative estimate of drug-likeness (QED) is 0.922. The van der Waals surface area contributed by atoms with Crippen LogP contribution in [-0.4, -0.2) is 30.5 Å². The van der Waals surface area contributed by atoms with Gasteiger partial charge in [0.1, 0.15) is 5.75 Å². The van der Waals surface area contributed by atoms with Gasteiger partial charge in [-0.1, -0.05) is 0 Å². The van der Waals surface area contributed by atoms with Crippen molar-refractivity contribution in [2.45, 2.75) is 12.7 Å². The van der Waals surface area contributed by atoms with Crippen molar-refractivity contribution >= 4 is 0 Å². The molecular formula is C14H16F3N3O. The number of rotatable bonds is 5. The summed E-state index contributed by atoms with van der Waals surface area (Å²) in [6.07, 6.45) is -0.994. The predicted octanol–water partition coefficient (Wildman–Crippen LogP) is 2.80. The van der Waals surface area contributed by atoms with E-state index in [0.717, 1.165) is 24.2 Å². The van der Waals surface area contributed by atoms with Crippen LogP contribution in [0.4, 0.5) is 13.2 Å². The molecule has 0 fully saturated rings. The Kier molecular flexibility index (Phi) is 4.52. The summed E-state index contributed by atoms with van der Waals surface area (Å²) in [7, 11) is 3.19. The van der Waals surface area contributed by atoms with Gasteiger partial charge in [-0.2, -0.15) is 18.3 Å². The summed E-state index contributed by atoms with van der Waals surface area (Å²) in [5.74, 6) is 0.179. The highest BCUT2D eigenvalue weighted by Gasteiger charge is 2.31. The van der Waals surface area contributed by atoms with Gasteiger partial charge in [-0.25, -0.2) is 0 Å². The third-order valence-corrected chi connectivity index (χ3v) is 3.06. The first-order valence-electron chi connectivity index (χ1n) is 6.38. The molecule has 0 aliphatic carbocycles. The predicted molar refractivity (Wildman–Crippen MR) is 73.1 cm³/mol. The van der Waals surface area contributed by atoms with Crippen molar-refractivity contribution in [2.75, 3.05) is 20.7 Å². The highest BCUT2D eigenvalue weighted by Crippen LogP contribution is 2.36. The van der Waals surface area contributed by atoms with Crippen LogP contribution in [0.25, 0.3) is 11.1 Å². The van der Waals surface area contributed by atoms with E-state index in [0.29, 0.717) is 12.1 Å². The summed E-state index contributed by atoms with van der Waals surface area (Å²) in [6, 6.07) is 3.45. The molecule has 1 aromatic heterocycles. The molecule has 114 valence electrons. The minimum atomic E-state index is -4.39. The zero-order valence-electron chi connectivity index (χ0n) is 11.7. The number of nitrogens with one attached hydrogen (secondary N) is 1. The Morgan fingerprint density at radius 3 is 2.71 bits per heavy atom. The number of nitrogens with zero attached hydrogens (tertiary/aromatic N) is 2. The van der Waals surface area contributed by atoms with Gasteiger partial charge >= 0.3 is 6.18 Å². The van der Waals surface area contributed by atoms with E-state index in [1.165, 1.54) is 13.2 Å². The van der Waals surface area contributed by atoms with Crippen LogP contribution in [0.1, 0.15) is 5.56 Å². The molecule has 7 heteroatoms. The Morgan fingerprint density at radius 2 is 2.10 bits per heavy atom. The van der Waals surface area contributed by atoms with Gasteiger partial charge in [-0.15, -0.1) is 0 Å². The standard InChI is InChI=1S/C14H16F3N3O/c1-18-5-6-20-9-10(8-19-20)12-4-3-11(14(15,16)17)7-13(12)21-2/h3-4,7-9,18H,5-6H2,1-2H3. The lowest BCUT2D eigenvalue weighted by atomic mass is 10.1. The maximum Gasteiger partial charge on any atom is 0.416 e. The number of alkyl halides is 3. The van der Waals surface area contributed by atoms with Crippen molar-refractivity contribution in [3.8, 4) is 16.9 Å². The maximum absolute atomic E-state index is 12.7. The Bertz CT molecular complexity index is 608. The second kappa shape index (κ2) is 6.17. The number of benzene rings is 1. The highest BCUT2D eigenvalue weighted by molar-refractivity contribution is 5.70. The molecule has 1 N–H and O–H groups in total. The number of halogens is 3. The third kappa shape index (κ3) is 3.55. The highest BCUT2D eigenvalue weighted by atomic mass is 19.4. The molecule has 4 nitrogen and oxygen atoms in total. The molecule has 0 spiro atoms. The van der Waals surface area contributed by atoms with Gasteiger partial charge in [-0.05, 0) is 25.2 Å². The van der Waals surface area contributed by atoms with E-state index >= 15 is 0 Å². The lowest BCUT2D eigenvalue weighted by Crippen LogP contribution is -2.14. The first-order chi connectivity index (χ1) is 9.95. The number of methoxy groups -OCH3 is 1. The molecule has 0 amide bonds. The van der Waals surface area contributed by atoms with Gasteiger partial charge < -0.3 is 10.1 Å². The average molecular weight is 299 g/mol. The molecular weight excluding hydrogens is 283 g/mol. The van der Waals surface area contributed by atoms with Crippen molar-refractivity contribution in [1.29, 1.82) is 0 Å². The summed E-state index contributed by atoms with van der Waals surface area (Å²) in [5.41, 5.74) is 0.573. The van der Waals surface area contributed by atoms with Crippen LogP contribution in [0.5, 0.6) is 5.75 Å². The summed E-state index contributed by atoms with van der Waals surface area (Å²) >= 11 is 0. The molecule has 0 saturated heterocycles. The van der Waals surface area contributed by atoms with Crippen molar-refractivity contribution in [3.05, 3.63) is 36.2 Å². The van der Waals surface area contributed by atoms with Crippen LogP contribution >= 0.6 is 0 Å². The van der Waals surface area contributed by atoms with Crippen LogP contribution in [0.15, 0.2) is 30.6 Å². The third-order valence-electron chi connectivity index (χ3n) is 3.06. The van der Waals surface area contributed by atoms with E-state index in [-0.39, 0.29) is 5.75 Å². The molecule has 0 unspecified atom stereocenters. The largest absolute Gasteiger partial charge is 0.496 e. The van der Waals surface area contributed by atoms with Crippen LogP contribution in [0.3, 0.4) is 0 Å². The molecule has 1 heterocycles. The Hall–Kier alpha value is -2.02. The van der Waals surface area contributed by atoms with Crippen LogP contribution < -0.4 is 10.1 Å². The first-order valence-corrected chi connectivity index (χ1v) is 6.38. The number of aromatic nitrogens is 2. The van der Waals surface area contributed by atoms with Gasteiger partial charge in [0.2, 0.25) is 0 Å². The van der Waals surface area contributed by atoms with Crippen LogP contribution in [0, 0.1) is 0 Å². The number of ether oxygens (including phenoxy) is 1. The fourth-order valence-corrected chi connectivity index (χ4v) is 1.96. The van der Waals surface area contributed by atoms with Gasteiger partial charge in [0.15, 0.2) is 0 Å². The Morgan fingerprint density at radius 1 is 1.33 bits per heavy atom. The van der Waals surface area contributed by atoms with E-state index in [4.69, 9.17) is 4.74 Å². The summed E-state index contributed by atoms with van der Waals surface area (Å²) in [4.78, 5) is 0. The lowest BCUT2D eigenvalue weighted by molar-refractivity contribution is -0.137. The lowest BCUT2D eigenvalue weighted by Gasteiger charge is -2.11. The molecule has 2 aromatic rings. The maximum atomic E-state index is 12.7. The molecule has 0 aliphatic rings. The number of hydrogen-bond donors (Lipinski definition) is 1. The molecule has 0 atom stereocenters. The molecule has 0 radical (unpaired) electrons. The normalized spacial score (nSPS) is 11.7. The fraction of sp³-hybridized carbons (Fsp3) is 0.357. The Balaban J connectivity index is 2.33.